The van der Waals surface area contributed by atoms with E-state index in [4.69, 9.17) is 9.84 Å². The molecular formula is C26H30N2O5. The number of carbonyl (C=O) groups excluding carboxylic acids is 2. The van der Waals surface area contributed by atoms with Crippen molar-refractivity contribution < 1.29 is 24.2 Å². The maximum absolute atomic E-state index is 12.6. The number of alkyl carbamates (subject to hydrolysis) is 1. The van der Waals surface area contributed by atoms with Crippen LogP contribution in [0.1, 0.15) is 55.6 Å². The Hall–Kier alpha value is -3.35. The Bertz CT molecular complexity index is 976. The second-order valence-electron chi connectivity index (χ2n) is 8.82. The smallest absolute Gasteiger partial charge is 0.407 e. The van der Waals surface area contributed by atoms with Crippen LogP contribution in [0.15, 0.2) is 48.5 Å². The molecule has 33 heavy (non-hydrogen) atoms. The number of rotatable bonds is 9. The number of hydrogen-bond acceptors (Lipinski definition) is 4. The average Bonchev–Trinajstić information content (AvgIpc) is 3.37. The van der Waals surface area contributed by atoms with Crippen molar-refractivity contribution in [3.63, 3.8) is 0 Å². The van der Waals surface area contributed by atoms with E-state index in [1.54, 1.807) is 0 Å². The Morgan fingerprint density at radius 3 is 2.30 bits per heavy atom. The van der Waals surface area contributed by atoms with E-state index in [-0.39, 0.29) is 36.8 Å². The van der Waals surface area contributed by atoms with Gasteiger partial charge in [-0.25, -0.2) is 4.79 Å². The Morgan fingerprint density at radius 1 is 0.970 bits per heavy atom. The molecule has 2 aromatic carbocycles. The summed E-state index contributed by atoms with van der Waals surface area (Å²) in [5.41, 5.74) is 4.72. The first-order chi connectivity index (χ1) is 16.0. The van der Waals surface area contributed by atoms with Crippen molar-refractivity contribution in [2.45, 2.75) is 50.5 Å². The number of hydrogen-bond donors (Lipinski definition) is 3. The highest BCUT2D eigenvalue weighted by molar-refractivity contribution is 5.79. The lowest BCUT2D eigenvalue weighted by atomic mass is 9.98. The fraction of sp³-hybridized carbons (Fsp3) is 0.423. The van der Waals surface area contributed by atoms with Gasteiger partial charge < -0.3 is 20.5 Å². The van der Waals surface area contributed by atoms with Gasteiger partial charge in [-0.15, -0.1) is 0 Å². The molecule has 2 atom stereocenters. The van der Waals surface area contributed by atoms with Crippen LogP contribution in [0.2, 0.25) is 0 Å². The van der Waals surface area contributed by atoms with Crippen LogP contribution >= 0.6 is 0 Å². The van der Waals surface area contributed by atoms with Crippen LogP contribution in [0.3, 0.4) is 0 Å². The van der Waals surface area contributed by atoms with Crippen LogP contribution < -0.4 is 10.6 Å². The van der Waals surface area contributed by atoms with Gasteiger partial charge in [0.2, 0.25) is 5.91 Å². The van der Waals surface area contributed by atoms with Crippen LogP contribution in [-0.4, -0.2) is 42.3 Å². The molecule has 2 aromatic rings. The molecule has 0 aromatic heterocycles. The Balaban J connectivity index is 1.27. The molecule has 7 nitrogen and oxygen atoms in total. The van der Waals surface area contributed by atoms with Crippen molar-refractivity contribution in [1.82, 2.24) is 10.6 Å². The maximum atomic E-state index is 12.6. The van der Waals surface area contributed by atoms with Crippen molar-refractivity contribution in [3.8, 4) is 11.1 Å². The number of carboxylic acid groups (broad SMARTS) is 1. The lowest BCUT2D eigenvalue weighted by Gasteiger charge is -2.21. The zero-order chi connectivity index (χ0) is 23.2. The summed E-state index contributed by atoms with van der Waals surface area (Å²) in [7, 11) is 0. The van der Waals surface area contributed by atoms with Gasteiger partial charge in [0.05, 0.1) is 0 Å². The molecule has 2 aliphatic carbocycles. The number of amides is 2. The van der Waals surface area contributed by atoms with Gasteiger partial charge in [0, 0.05) is 31.3 Å². The fourth-order valence-electron chi connectivity index (χ4n) is 5.04. The topological polar surface area (TPSA) is 105 Å². The Morgan fingerprint density at radius 2 is 1.64 bits per heavy atom. The molecule has 0 radical (unpaired) electrons. The van der Waals surface area contributed by atoms with Gasteiger partial charge in [-0.2, -0.15) is 0 Å². The summed E-state index contributed by atoms with van der Waals surface area (Å²) >= 11 is 0. The van der Waals surface area contributed by atoms with Crippen LogP contribution in [0.25, 0.3) is 11.1 Å². The molecule has 1 fully saturated rings. The first-order valence-electron chi connectivity index (χ1n) is 11.6. The normalized spacial score (nSPS) is 18.9. The third kappa shape index (κ3) is 5.53. The zero-order valence-corrected chi connectivity index (χ0v) is 18.6. The molecule has 0 heterocycles. The molecule has 2 unspecified atom stereocenters. The van der Waals surface area contributed by atoms with E-state index in [0.717, 1.165) is 19.3 Å². The molecule has 1 saturated carbocycles. The zero-order valence-electron chi connectivity index (χ0n) is 18.6. The first kappa shape index (κ1) is 22.8. The minimum atomic E-state index is -0.868. The molecule has 4 rings (SSSR count). The number of benzene rings is 2. The van der Waals surface area contributed by atoms with Crippen LogP contribution in [0.4, 0.5) is 4.79 Å². The van der Waals surface area contributed by atoms with Gasteiger partial charge in [0.1, 0.15) is 6.61 Å². The van der Waals surface area contributed by atoms with Gasteiger partial charge in [-0.1, -0.05) is 55.0 Å². The summed E-state index contributed by atoms with van der Waals surface area (Å²) < 4.78 is 5.65. The molecule has 0 aliphatic heterocycles. The fourth-order valence-corrected chi connectivity index (χ4v) is 5.04. The molecule has 7 heteroatoms. The van der Waals surface area contributed by atoms with Gasteiger partial charge in [0.15, 0.2) is 0 Å². The SMILES string of the molecule is O=C(O)CCCNC(=O)CC1CCCC1NC(=O)OCC1c2ccccc2-c2ccccc21. The third-order valence-corrected chi connectivity index (χ3v) is 6.64. The van der Waals surface area contributed by atoms with Crippen molar-refractivity contribution in [2.75, 3.05) is 13.2 Å². The predicted molar refractivity (Wildman–Crippen MR) is 124 cm³/mol. The van der Waals surface area contributed by atoms with E-state index >= 15 is 0 Å². The van der Waals surface area contributed by atoms with Gasteiger partial charge >= 0.3 is 12.1 Å². The van der Waals surface area contributed by atoms with E-state index in [1.165, 1.54) is 22.3 Å². The Labute approximate surface area is 193 Å². The minimum Gasteiger partial charge on any atom is -0.481 e. The lowest BCUT2D eigenvalue weighted by Crippen LogP contribution is -2.40. The molecule has 0 spiro atoms. The average molecular weight is 451 g/mol. The quantitative estimate of drug-likeness (QED) is 0.500. The summed E-state index contributed by atoms with van der Waals surface area (Å²) in [4.78, 5) is 35.4. The second kappa shape index (κ2) is 10.5. The first-order valence-corrected chi connectivity index (χ1v) is 11.6. The molecule has 0 saturated heterocycles. The molecule has 2 amide bonds. The van der Waals surface area contributed by atoms with E-state index in [1.807, 2.05) is 24.3 Å². The number of carboxylic acids is 1. The summed E-state index contributed by atoms with van der Waals surface area (Å²) in [5, 5.41) is 14.4. The predicted octanol–water partition coefficient (Wildman–Crippen LogP) is 4.06. The molecule has 0 bridgehead atoms. The van der Waals surface area contributed by atoms with Crippen molar-refractivity contribution in [1.29, 1.82) is 0 Å². The number of carbonyl (C=O) groups is 3. The number of aliphatic carboxylic acids is 1. The van der Waals surface area contributed by atoms with E-state index in [2.05, 4.69) is 34.9 Å². The summed E-state index contributed by atoms with van der Waals surface area (Å²) in [6, 6.07) is 16.3. The summed E-state index contributed by atoms with van der Waals surface area (Å²) in [5.74, 6) is -0.900. The van der Waals surface area contributed by atoms with Crippen LogP contribution in [-0.2, 0) is 14.3 Å². The molecule has 2 aliphatic rings. The van der Waals surface area contributed by atoms with E-state index < -0.39 is 12.1 Å². The minimum absolute atomic E-state index is 0.0131. The number of nitrogens with one attached hydrogen (secondary N) is 2. The van der Waals surface area contributed by atoms with Gasteiger partial charge in [-0.3, -0.25) is 9.59 Å². The lowest BCUT2D eigenvalue weighted by molar-refractivity contribution is -0.137. The highest BCUT2D eigenvalue weighted by Gasteiger charge is 2.32. The molecular weight excluding hydrogens is 420 g/mol. The standard InChI is InChI=1S/C26H30N2O5/c29-24(27-14-6-13-25(30)31)15-17-7-5-12-23(17)28-26(32)33-16-22-20-10-3-1-8-18(20)19-9-2-4-11-21(19)22/h1-4,8-11,17,22-23H,5-7,12-16H2,(H,27,29)(H,28,32)(H,30,31). The molecule has 174 valence electrons. The van der Waals surface area contributed by atoms with Gasteiger partial charge in [-0.05, 0) is 47.4 Å². The maximum Gasteiger partial charge on any atom is 0.407 e. The van der Waals surface area contributed by atoms with Crippen molar-refractivity contribution >= 4 is 18.0 Å². The van der Waals surface area contributed by atoms with E-state index in [9.17, 15) is 14.4 Å². The van der Waals surface area contributed by atoms with E-state index in [0.29, 0.717) is 19.4 Å². The second-order valence-corrected chi connectivity index (χ2v) is 8.82. The Kier molecular flexibility index (Phi) is 7.27. The third-order valence-electron chi connectivity index (χ3n) is 6.64. The van der Waals surface area contributed by atoms with Crippen molar-refractivity contribution in [2.24, 2.45) is 5.92 Å². The number of fused-ring (bicyclic) bond motifs is 3. The number of ether oxygens (including phenoxy) is 1. The van der Waals surface area contributed by atoms with Crippen molar-refractivity contribution in [3.05, 3.63) is 59.7 Å². The highest BCUT2D eigenvalue weighted by atomic mass is 16.5. The highest BCUT2D eigenvalue weighted by Crippen LogP contribution is 2.44. The van der Waals surface area contributed by atoms with Crippen LogP contribution in [0.5, 0.6) is 0 Å². The summed E-state index contributed by atoms with van der Waals surface area (Å²) in [6.45, 7) is 0.615. The van der Waals surface area contributed by atoms with Crippen LogP contribution in [0, 0.1) is 5.92 Å². The van der Waals surface area contributed by atoms with Gasteiger partial charge in [0.25, 0.3) is 0 Å². The molecule has 3 N–H and O–H groups in total. The monoisotopic (exact) mass is 450 g/mol. The summed E-state index contributed by atoms with van der Waals surface area (Å²) in [6.07, 6.45) is 2.96. The largest absolute Gasteiger partial charge is 0.481 e.